The molecule has 0 spiro atoms. The second kappa shape index (κ2) is 4.04. The predicted octanol–water partition coefficient (Wildman–Crippen LogP) is 0.264. The van der Waals surface area contributed by atoms with E-state index < -0.39 is 0 Å². The van der Waals surface area contributed by atoms with Crippen LogP contribution in [0.1, 0.15) is 26.2 Å². The van der Waals surface area contributed by atoms with Crippen molar-refractivity contribution in [2.45, 2.75) is 44.4 Å². The van der Waals surface area contributed by atoms with Gasteiger partial charge in [-0.2, -0.15) is 0 Å². The molecule has 0 aromatic heterocycles. The van der Waals surface area contributed by atoms with E-state index in [-0.39, 0.29) is 18.8 Å². The fourth-order valence-electron chi connectivity index (χ4n) is 1.09. The molecule has 1 aliphatic carbocycles. The van der Waals surface area contributed by atoms with Crippen LogP contribution in [0.15, 0.2) is 0 Å². The second-order valence-electron chi connectivity index (χ2n) is 3.27. The fraction of sp³-hybridized carbons (Fsp3) is 1.00. The van der Waals surface area contributed by atoms with Crippen LogP contribution in [0.5, 0.6) is 0 Å². The van der Waals surface area contributed by atoms with Crippen LogP contribution >= 0.6 is 0 Å². The molecule has 1 fully saturated rings. The molecule has 3 heteroatoms. The molecule has 1 rings (SSSR count). The summed E-state index contributed by atoms with van der Waals surface area (Å²) < 4.78 is 5.52. The molecule has 0 aromatic rings. The third-order valence-electron chi connectivity index (χ3n) is 2.19. The van der Waals surface area contributed by atoms with E-state index in [2.05, 4.69) is 0 Å². The molecular formula is C8H17NO2. The topological polar surface area (TPSA) is 55.5 Å². The lowest BCUT2D eigenvalue weighted by atomic mass is 9.96. The van der Waals surface area contributed by atoms with E-state index in [4.69, 9.17) is 15.6 Å². The van der Waals surface area contributed by atoms with Crippen molar-refractivity contribution in [3.63, 3.8) is 0 Å². The molecule has 1 aliphatic rings. The quantitative estimate of drug-likeness (QED) is 0.619. The van der Waals surface area contributed by atoms with E-state index in [1.807, 2.05) is 6.92 Å². The van der Waals surface area contributed by atoms with Crippen LogP contribution in [0.25, 0.3) is 0 Å². The molecule has 0 saturated heterocycles. The number of hydrogen-bond acceptors (Lipinski definition) is 3. The lowest BCUT2D eigenvalue weighted by Gasteiger charge is -2.31. The zero-order valence-corrected chi connectivity index (χ0v) is 6.99. The van der Waals surface area contributed by atoms with Gasteiger partial charge in [0.15, 0.2) is 0 Å². The first kappa shape index (κ1) is 8.97. The summed E-state index contributed by atoms with van der Waals surface area (Å²) in [6.07, 6.45) is 3.70. The second-order valence-corrected chi connectivity index (χ2v) is 3.27. The summed E-state index contributed by atoms with van der Waals surface area (Å²) in [7, 11) is 0. The molecule has 3 nitrogen and oxygen atoms in total. The average Bonchev–Trinajstić information content (AvgIpc) is 1.85. The Kier molecular flexibility index (Phi) is 3.30. The van der Waals surface area contributed by atoms with Gasteiger partial charge in [0.05, 0.1) is 18.8 Å². The molecule has 0 amide bonds. The van der Waals surface area contributed by atoms with Gasteiger partial charge in [-0.3, -0.25) is 0 Å². The SMILES string of the molecule is CC(N)C(CO)OC1CCC1. The first-order valence-electron chi connectivity index (χ1n) is 4.26. The number of aliphatic hydroxyl groups excluding tert-OH is 1. The Morgan fingerprint density at radius 3 is 2.55 bits per heavy atom. The maximum Gasteiger partial charge on any atom is 0.0957 e. The van der Waals surface area contributed by atoms with E-state index >= 15 is 0 Å². The summed E-state index contributed by atoms with van der Waals surface area (Å²) in [5.41, 5.74) is 5.59. The summed E-state index contributed by atoms with van der Waals surface area (Å²) in [5.74, 6) is 0. The van der Waals surface area contributed by atoms with Gasteiger partial charge < -0.3 is 15.6 Å². The number of ether oxygens (including phenoxy) is 1. The molecule has 1 saturated carbocycles. The lowest BCUT2D eigenvalue weighted by Crippen LogP contribution is -2.41. The molecule has 11 heavy (non-hydrogen) atoms. The smallest absolute Gasteiger partial charge is 0.0957 e. The van der Waals surface area contributed by atoms with Gasteiger partial charge in [-0.1, -0.05) is 0 Å². The number of aliphatic hydroxyl groups is 1. The maximum atomic E-state index is 8.86. The van der Waals surface area contributed by atoms with E-state index in [1.54, 1.807) is 0 Å². The van der Waals surface area contributed by atoms with E-state index in [1.165, 1.54) is 6.42 Å². The van der Waals surface area contributed by atoms with Gasteiger partial charge in [0, 0.05) is 6.04 Å². The molecule has 3 N–H and O–H groups in total. The monoisotopic (exact) mass is 159 g/mol. The minimum absolute atomic E-state index is 0.0359. The largest absolute Gasteiger partial charge is 0.394 e. The van der Waals surface area contributed by atoms with E-state index in [0.29, 0.717) is 6.10 Å². The highest BCUT2D eigenvalue weighted by Crippen LogP contribution is 2.23. The van der Waals surface area contributed by atoms with Crippen molar-refractivity contribution in [2.24, 2.45) is 5.73 Å². The number of rotatable bonds is 4. The summed E-state index contributed by atoms with van der Waals surface area (Å²) in [6.45, 7) is 1.90. The minimum Gasteiger partial charge on any atom is -0.394 e. The van der Waals surface area contributed by atoms with Crippen molar-refractivity contribution in [1.29, 1.82) is 0 Å². The summed E-state index contributed by atoms with van der Waals surface area (Å²) in [6, 6.07) is -0.0689. The van der Waals surface area contributed by atoms with Crippen molar-refractivity contribution in [3.05, 3.63) is 0 Å². The van der Waals surface area contributed by atoms with E-state index in [0.717, 1.165) is 12.8 Å². The number of hydrogen-bond donors (Lipinski definition) is 2. The van der Waals surface area contributed by atoms with Crippen LogP contribution < -0.4 is 5.73 Å². The van der Waals surface area contributed by atoms with Crippen LogP contribution in [-0.4, -0.2) is 30.0 Å². The Labute approximate surface area is 67.5 Å². The van der Waals surface area contributed by atoms with Gasteiger partial charge in [0.25, 0.3) is 0 Å². The Bertz CT molecular complexity index is 113. The van der Waals surface area contributed by atoms with Crippen LogP contribution in [0, 0.1) is 0 Å². The Morgan fingerprint density at radius 2 is 2.27 bits per heavy atom. The third-order valence-corrected chi connectivity index (χ3v) is 2.19. The van der Waals surface area contributed by atoms with Crippen LogP contribution in [0.2, 0.25) is 0 Å². The Balaban J connectivity index is 2.19. The van der Waals surface area contributed by atoms with Crippen molar-refractivity contribution in [1.82, 2.24) is 0 Å². The molecule has 0 radical (unpaired) electrons. The number of nitrogens with two attached hydrogens (primary N) is 1. The van der Waals surface area contributed by atoms with Gasteiger partial charge in [0.2, 0.25) is 0 Å². The lowest BCUT2D eigenvalue weighted by molar-refractivity contribution is -0.0786. The standard InChI is InChI=1S/C8H17NO2/c1-6(9)8(5-10)11-7-3-2-4-7/h6-8,10H,2-5,9H2,1H3. The van der Waals surface area contributed by atoms with Crippen molar-refractivity contribution < 1.29 is 9.84 Å². The molecule has 2 unspecified atom stereocenters. The molecule has 0 aromatic carbocycles. The van der Waals surface area contributed by atoms with Crippen LogP contribution in [-0.2, 0) is 4.74 Å². The van der Waals surface area contributed by atoms with Gasteiger partial charge in [-0.05, 0) is 26.2 Å². The Hall–Kier alpha value is -0.120. The Morgan fingerprint density at radius 1 is 1.64 bits per heavy atom. The van der Waals surface area contributed by atoms with Crippen LogP contribution in [0.3, 0.4) is 0 Å². The highest BCUT2D eigenvalue weighted by molar-refractivity contribution is 4.75. The fourth-order valence-corrected chi connectivity index (χ4v) is 1.09. The first-order chi connectivity index (χ1) is 5.24. The highest BCUT2D eigenvalue weighted by atomic mass is 16.5. The van der Waals surface area contributed by atoms with Crippen molar-refractivity contribution in [2.75, 3.05) is 6.61 Å². The zero-order chi connectivity index (χ0) is 8.27. The van der Waals surface area contributed by atoms with Gasteiger partial charge in [-0.15, -0.1) is 0 Å². The minimum atomic E-state index is -0.166. The van der Waals surface area contributed by atoms with E-state index in [9.17, 15) is 0 Å². The molecular weight excluding hydrogens is 142 g/mol. The summed E-state index contributed by atoms with van der Waals surface area (Å²) >= 11 is 0. The molecule has 2 atom stereocenters. The highest BCUT2D eigenvalue weighted by Gasteiger charge is 2.23. The molecule has 0 heterocycles. The van der Waals surface area contributed by atoms with Crippen molar-refractivity contribution in [3.8, 4) is 0 Å². The van der Waals surface area contributed by atoms with Gasteiger partial charge >= 0.3 is 0 Å². The normalized spacial score (nSPS) is 24.3. The average molecular weight is 159 g/mol. The molecule has 66 valence electrons. The van der Waals surface area contributed by atoms with Crippen molar-refractivity contribution >= 4 is 0 Å². The molecule has 0 bridgehead atoms. The predicted molar refractivity (Wildman–Crippen MR) is 43.2 cm³/mol. The van der Waals surface area contributed by atoms with Gasteiger partial charge in [-0.25, -0.2) is 0 Å². The zero-order valence-electron chi connectivity index (χ0n) is 6.99. The molecule has 0 aliphatic heterocycles. The maximum absolute atomic E-state index is 8.86. The van der Waals surface area contributed by atoms with Gasteiger partial charge in [0.1, 0.15) is 0 Å². The first-order valence-corrected chi connectivity index (χ1v) is 4.26. The summed E-state index contributed by atoms with van der Waals surface area (Å²) in [5, 5.41) is 8.86. The third kappa shape index (κ3) is 2.43. The van der Waals surface area contributed by atoms with Crippen LogP contribution in [0.4, 0.5) is 0 Å². The summed E-state index contributed by atoms with van der Waals surface area (Å²) in [4.78, 5) is 0.